The van der Waals surface area contributed by atoms with Gasteiger partial charge in [-0.2, -0.15) is 16.9 Å². The monoisotopic (exact) mass is 337 g/mol. The average molecular weight is 337 g/mol. The molecule has 1 aromatic carbocycles. The molecule has 2 N–H and O–H groups in total. The van der Waals surface area contributed by atoms with Crippen LogP contribution < -0.4 is 5.32 Å². The predicted octanol–water partition coefficient (Wildman–Crippen LogP) is 2.17. The normalized spacial score (nSPS) is 10.7. The number of amides is 1. The molecule has 2 aromatic rings. The second kappa shape index (κ2) is 8.69. The number of para-hydroxylation sites is 1. The molecule has 1 amide bonds. The molecule has 0 spiro atoms. The molecule has 0 radical (unpaired) electrons. The quantitative estimate of drug-likeness (QED) is 0.725. The minimum atomic E-state index is -0.383. The van der Waals surface area contributed by atoms with Crippen LogP contribution in [0.1, 0.15) is 22.5 Å². The highest BCUT2D eigenvalue weighted by Crippen LogP contribution is 2.17. The number of aliphatic hydroxyl groups excluding tert-OH is 1. The molecule has 7 heteroatoms. The summed E-state index contributed by atoms with van der Waals surface area (Å²) in [5.74, 6) is 1.06. The van der Waals surface area contributed by atoms with Crippen LogP contribution in [0.2, 0.25) is 0 Å². The smallest absolute Gasteiger partial charge is 0.254 e. The number of nitrogens with zero attached hydrogens (tertiary/aromatic N) is 2. The Bertz CT molecular complexity index is 661. The molecule has 0 aliphatic rings. The van der Waals surface area contributed by atoms with Gasteiger partial charge in [0.25, 0.3) is 5.91 Å². The van der Waals surface area contributed by atoms with Crippen molar-refractivity contribution >= 4 is 17.7 Å². The minimum absolute atomic E-state index is 0.188. The van der Waals surface area contributed by atoms with Gasteiger partial charge in [0.05, 0.1) is 17.5 Å². The Hall–Kier alpha value is -1.86. The lowest BCUT2D eigenvalue weighted by Crippen LogP contribution is -2.26. The van der Waals surface area contributed by atoms with Crippen LogP contribution >= 0.6 is 11.8 Å². The highest BCUT2D eigenvalue weighted by Gasteiger charge is 2.16. The maximum Gasteiger partial charge on any atom is 0.254 e. The van der Waals surface area contributed by atoms with Crippen molar-refractivity contribution in [2.45, 2.75) is 13.3 Å². The number of carbonyl (C=O) groups is 1. The summed E-state index contributed by atoms with van der Waals surface area (Å²) in [5, 5.41) is 15.6. The van der Waals surface area contributed by atoms with Crippen LogP contribution in [-0.4, -0.2) is 45.5 Å². The van der Waals surface area contributed by atoms with E-state index in [0.29, 0.717) is 23.5 Å². The lowest BCUT2D eigenvalue weighted by molar-refractivity contribution is 0.0955. The Morgan fingerprint density at radius 3 is 2.91 bits per heavy atom. The molecular formula is C16H20FN3O2S. The van der Waals surface area contributed by atoms with E-state index in [1.54, 1.807) is 36.9 Å². The Morgan fingerprint density at radius 2 is 2.17 bits per heavy atom. The fourth-order valence-electron chi connectivity index (χ4n) is 2.10. The van der Waals surface area contributed by atoms with E-state index in [9.17, 15) is 9.18 Å². The first kappa shape index (κ1) is 17.5. The second-order valence-electron chi connectivity index (χ2n) is 4.95. The highest BCUT2D eigenvalue weighted by molar-refractivity contribution is 7.99. The SMILES string of the molecule is Cc1c(C(=O)NCCSCCCO)cnn1-c1ccccc1F. The van der Waals surface area contributed by atoms with Crippen LogP contribution in [0.15, 0.2) is 30.5 Å². The van der Waals surface area contributed by atoms with E-state index in [1.807, 2.05) is 0 Å². The molecule has 23 heavy (non-hydrogen) atoms. The van der Waals surface area contributed by atoms with Crippen molar-refractivity contribution < 1.29 is 14.3 Å². The average Bonchev–Trinajstić information content (AvgIpc) is 2.92. The second-order valence-corrected chi connectivity index (χ2v) is 6.18. The van der Waals surface area contributed by atoms with Crippen molar-refractivity contribution in [1.82, 2.24) is 15.1 Å². The highest BCUT2D eigenvalue weighted by atomic mass is 32.2. The van der Waals surface area contributed by atoms with Crippen molar-refractivity contribution in [1.29, 1.82) is 0 Å². The molecule has 124 valence electrons. The Morgan fingerprint density at radius 1 is 1.39 bits per heavy atom. The van der Waals surface area contributed by atoms with Crippen LogP contribution in [0.5, 0.6) is 0 Å². The number of hydrogen-bond acceptors (Lipinski definition) is 4. The van der Waals surface area contributed by atoms with E-state index in [0.717, 1.165) is 17.9 Å². The van der Waals surface area contributed by atoms with Gasteiger partial charge in [-0.1, -0.05) is 12.1 Å². The topological polar surface area (TPSA) is 67.2 Å². The van der Waals surface area contributed by atoms with Crippen molar-refractivity contribution in [3.8, 4) is 5.69 Å². The summed E-state index contributed by atoms with van der Waals surface area (Å²) in [4.78, 5) is 12.2. The fourth-order valence-corrected chi connectivity index (χ4v) is 2.88. The van der Waals surface area contributed by atoms with E-state index in [2.05, 4.69) is 10.4 Å². The number of benzene rings is 1. The number of aromatic nitrogens is 2. The van der Waals surface area contributed by atoms with Gasteiger partial charge in [0.1, 0.15) is 11.5 Å². The minimum Gasteiger partial charge on any atom is -0.396 e. The molecule has 0 aliphatic heterocycles. The summed E-state index contributed by atoms with van der Waals surface area (Å²) in [6, 6.07) is 6.32. The van der Waals surface area contributed by atoms with Crippen molar-refractivity contribution in [2.24, 2.45) is 0 Å². The number of nitrogens with one attached hydrogen (secondary N) is 1. The van der Waals surface area contributed by atoms with Crippen molar-refractivity contribution in [3.63, 3.8) is 0 Å². The van der Waals surface area contributed by atoms with E-state index < -0.39 is 0 Å². The van der Waals surface area contributed by atoms with Crippen LogP contribution in [-0.2, 0) is 0 Å². The maximum atomic E-state index is 13.8. The third kappa shape index (κ3) is 4.56. The Labute approximate surface area is 138 Å². The van der Waals surface area contributed by atoms with Gasteiger partial charge < -0.3 is 10.4 Å². The van der Waals surface area contributed by atoms with Crippen LogP contribution in [0.25, 0.3) is 5.69 Å². The van der Waals surface area contributed by atoms with E-state index in [4.69, 9.17) is 5.11 Å². The molecule has 5 nitrogen and oxygen atoms in total. The number of halogens is 1. The third-order valence-corrected chi connectivity index (χ3v) is 4.38. The van der Waals surface area contributed by atoms with Gasteiger partial charge in [-0.3, -0.25) is 4.79 Å². The fraction of sp³-hybridized carbons (Fsp3) is 0.375. The first-order valence-corrected chi connectivity index (χ1v) is 8.57. The predicted molar refractivity (Wildman–Crippen MR) is 89.6 cm³/mol. The molecule has 1 heterocycles. The molecule has 2 rings (SSSR count). The number of rotatable bonds is 8. The molecule has 0 fully saturated rings. The molecule has 0 bridgehead atoms. The van der Waals surface area contributed by atoms with Gasteiger partial charge in [-0.25, -0.2) is 9.07 Å². The van der Waals surface area contributed by atoms with Crippen molar-refractivity contribution in [2.75, 3.05) is 24.7 Å². The van der Waals surface area contributed by atoms with E-state index in [1.165, 1.54) is 16.9 Å². The number of aliphatic hydroxyl groups is 1. The molecule has 0 saturated heterocycles. The molecule has 0 aliphatic carbocycles. The zero-order chi connectivity index (χ0) is 16.7. The lowest BCUT2D eigenvalue weighted by atomic mass is 10.2. The largest absolute Gasteiger partial charge is 0.396 e. The van der Waals surface area contributed by atoms with Crippen LogP contribution in [0.4, 0.5) is 4.39 Å². The molecule has 1 aromatic heterocycles. The van der Waals surface area contributed by atoms with E-state index in [-0.39, 0.29) is 18.3 Å². The van der Waals surface area contributed by atoms with Crippen molar-refractivity contribution in [3.05, 3.63) is 47.5 Å². The first-order chi connectivity index (χ1) is 11.1. The summed E-state index contributed by atoms with van der Waals surface area (Å²) in [6.45, 7) is 2.47. The summed E-state index contributed by atoms with van der Waals surface area (Å²) in [7, 11) is 0. The number of carbonyl (C=O) groups excluding carboxylic acids is 1. The zero-order valence-corrected chi connectivity index (χ0v) is 13.8. The van der Waals surface area contributed by atoms with Gasteiger partial charge in [0.2, 0.25) is 0 Å². The molecular weight excluding hydrogens is 317 g/mol. The molecule has 0 atom stereocenters. The zero-order valence-electron chi connectivity index (χ0n) is 13.0. The standard InChI is InChI=1S/C16H20FN3O2S/c1-12-13(16(22)18-7-10-23-9-4-8-21)11-19-20(12)15-6-3-2-5-14(15)17/h2-3,5-6,11,21H,4,7-10H2,1H3,(H,18,22). The van der Waals surface area contributed by atoms with Gasteiger partial charge >= 0.3 is 0 Å². The van der Waals surface area contributed by atoms with Gasteiger partial charge in [-0.05, 0) is 31.2 Å². The van der Waals surface area contributed by atoms with Gasteiger partial charge in [0, 0.05) is 18.9 Å². The van der Waals surface area contributed by atoms with Crippen LogP contribution in [0, 0.1) is 12.7 Å². The Balaban J connectivity index is 1.96. The summed E-state index contributed by atoms with van der Waals surface area (Å²) < 4.78 is 15.3. The maximum absolute atomic E-state index is 13.8. The summed E-state index contributed by atoms with van der Waals surface area (Å²) in [6.07, 6.45) is 2.21. The van der Waals surface area contributed by atoms with Crippen LogP contribution in [0.3, 0.4) is 0 Å². The van der Waals surface area contributed by atoms with E-state index >= 15 is 0 Å². The first-order valence-electron chi connectivity index (χ1n) is 7.41. The summed E-state index contributed by atoms with van der Waals surface area (Å²) >= 11 is 1.68. The van der Waals surface area contributed by atoms with Gasteiger partial charge in [0.15, 0.2) is 0 Å². The number of hydrogen-bond donors (Lipinski definition) is 2. The lowest BCUT2D eigenvalue weighted by Gasteiger charge is -2.07. The number of thioether (sulfide) groups is 1. The third-order valence-electron chi connectivity index (χ3n) is 3.31. The molecule has 0 saturated carbocycles. The summed E-state index contributed by atoms with van der Waals surface area (Å²) in [5.41, 5.74) is 1.36. The molecule has 0 unspecified atom stereocenters. The Kier molecular flexibility index (Phi) is 6.61. The van der Waals surface area contributed by atoms with Gasteiger partial charge in [-0.15, -0.1) is 0 Å².